The number of anilines is 1. The molecule has 2 N–H and O–H groups in total. The Bertz CT molecular complexity index is 524. The minimum atomic E-state index is -3.39. The molecule has 0 saturated heterocycles. The van der Waals surface area contributed by atoms with Gasteiger partial charge < -0.3 is 5.11 Å². The van der Waals surface area contributed by atoms with Gasteiger partial charge in [0.05, 0.1) is 16.0 Å². The molecule has 1 aliphatic rings. The van der Waals surface area contributed by atoms with E-state index in [0.717, 1.165) is 19.3 Å². The molecule has 6 heteroatoms. The van der Waals surface area contributed by atoms with E-state index in [4.69, 9.17) is 11.6 Å². The van der Waals surface area contributed by atoms with Crippen LogP contribution in [0, 0.1) is 0 Å². The molecule has 1 fully saturated rings. The summed E-state index contributed by atoms with van der Waals surface area (Å²) in [4.78, 5) is 0. The highest BCUT2D eigenvalue weighted by Gasteiger charge is 2.27. The van der Waals surface area contributed by atoms with Gasteiger partial charge in [0.15, 0.2) is 0 Å². The molecule has 2 rings (SSSR count). The van der Waals surface area contributed by atoms with Gasteiger partial charge in [0.1, 0.15) is 5.75 Å². The van der Waals surface area contributed by atoms with E-state index in [1.165, 1.54) is 18.2 Å². The topological polar surface area (TPSA) is 66.4 Å². The zero-order valence-corrected chi connectivity index (χ0v) is 11.5. The second kappa shape index (κ2) is 5.36. The summed E-state index contributed by atoms with van der Waals surface area (Å²) >= 11 is 5.89. The number of halogens is 1. The van der Waals surface area contributed by atoms with Crippen LogP contribution >= 0.6 is 11.6 Å². The number of hydrogen-bond acceptors (Lipinski definition) is 3. The molecule has 18 heavy (non-hydrogen) atoms. The maximum absolute atomic E-state index is 12.2. The first-order valence-electron chi connectivity index (χ1n) is 5.99. The largest absolute Gasteiger partial charge is 0.508 e. The van der Waals surface area contributed by atoms with Crippen LogP contribution in [0.4, 0.5) is 5.69 Å². The number of phenols is 1. The molecular formula is C12H16ClNO3S. The monoisotopic (exact) mass is 289 g/mol. The Hall–Kier alpha value is -0.940. The highest BCUT2D eigenvalue weighted by atomic mass is 35.5. The van der Waals surface area contributed by atoms with Crippen LogP contribution in [-0.2, 0) is 10.0 Å². The highest BCUT2D eigenvalue weighted by molar-refractivity contribution is 7.93. The van der Waals surface area contributed by atoms with Crippen molar-refractivity contribution in [3.8, 4) is 5.75 Å². The van der Waals surface area contributed by atoms with E-state index in [0.29, 0.717) is 18.5 Å². The predicted molar refractivity (Wildman–Crippen MR) is 72.5 cm³/mol. The molecule has 4 nitrogen and oxygen atoms in total. The second-order valence-corrected chi connectivity index (χ2v) is 6.94. The fourth-order valence-electron chi connectivity index (χ4n) is 2.20. The summed E-state index contributed by atoms with van der Waals surface area (Å²) in [5.74, 6) is 0.0145. The summed E-state index contributed by atoms with van der Waals surface area (Å²) in [6.07, 6.45) is 4.41. The number of phenolic OH excluding ortho intramolecular Hbond substituents is 1. The summed E-state index contributed by atoms with van der Waals surface area (Å²) in [5.41, 5.74) is 0.319. The van der Waals surface area contributed by atoms with E-state index < -0.39 is 10.0 Å². The second-order valence-electron chi connectivity index (χ2n) is 4.57. The molecule has 0 spiro atoms. The van der Waals surface area contributed by atoms with E-state index in [2.05, 4.69) is 4.72 Å². The van der Waals surface area contributed by atoms with E-state index in [-0.39, 0.29) is 16.0 Å². The predicted octanol–water partition coefficient (Wildman–Crippen LogP) is 3.12. The Morgan fingerprint density at radius 1 is 1.22 bits per heavy atom. The van der Waals surface area contributed by atoms with Gasteiger partial charge in [0, 0.05) is 6.07 Å². The molecule has 1 aromatic rings. The van der Waals surface area contributed by atoms with Gasteiger partial charge in [0.2, 0.25) is 10.0 Å². The smallest absolute Gasteiger partial charge is 0.235 e. The van der Waals surface area contributed by atoms with Gasteiger partial charge in [-0.3, -0.25) is 4.72 Å². The quantitative estimate of drug-likeness (QED) is 0.840. The van der Waals surface area contributed by atoms with Crippen LogP contribution in [0.5, 0.6) is 5.75 Å². The average molecular weight is 290 g/mol. The molecule has 100 valence electrons. The van der Waals surface area contributed by atoms with Crippen molar-refractivity contribution in [1.82, 2.24) is 0 Å². The molecule has 0 unspecified atom stereocenters. The molecule has 1 aromatic carbocycles. The summed E-state index contributed by atoms with van der Waals surface area (Å²) in [7, 11) is -3.39. The Morgan fingerprint density at radius 2 is 1.89 bits per heavy atom. The van der Waals surface area contributed by atoms with E-state index >= 15 is 0 Å². The lowest BCUT2D eigenvalue weighted by Gasteiger charge is -2.22. The van der Waals surface area contributed by atoms with Crippen molar-refractivity contribution in [2.45, 2.75) is 37.4 Å². The maximum Gasteiger partial charge on any atom is 0.235 e. The third-order valence-corrected chi connectivity index (χ3v) is 5.36. The van der Waals surface area contributed by atoms with E-state index in [1.54, 1.807) is 0 Å². The molecule has 1 saturated carbocycles. The number of nitrogens with one attached hydrogen (secondary N) is 1. The van der Waals surface area contributed by atoms with Crippen LogP contribution < -0.4 is 4.72 Å². The molecule has 0 amide bonds. The zero-order valence-electron chi connectivity index (χ0n) is 9.89. The summed E-state index contributed by atoms with van der Waals surface area (Å²) in [6, 6.07) is 4.20. The van der Waals surface area contributed by atoms with Crippen LogP contribution in [0.15, 0.2) is 18.2 Å². The van der Waals surface area contributed by atoms with Gasteiger partial charge in [0.25, 0.3) is 0 Å². The van der Waals surface area contributed by atoms with Gasteiger partial charge in [-0.1, -0.05) is 30.9 Å². The molecule has 0 radical (unpaired) electrons. The highest BCUT2D eigenvalue weighted by Crippen LogP contribution is 2.30. The summed E-state index contributed by atoms with van der Waals surface area (Å²) in [5, 5.41) is 9.09. The summed E-state index contributed by atoms with van der Waals surface area (Å²) in [6.45, 7) is 0. The fraction of sp³-hybridized carbons (Fsp3) is 0.500. The van der Waals surface area contributed by atoms with Crippen LogP contribution in [0.2, 0.25) is 5.02 Å². The summed E-state index contributed by atoms with van der Waals surface area (Å²) < 4.78 is 26.8. The normalized spacial score (nSPS) is 17.6. The lowest BCUT2D eigenvalue weighted by molar-refractivity contribution is 0.475. The third kappa shape index (κ3) is 3.09. The molecule has 0 aromatic heterocycles. The zero-order chi connectivity index (χ0) is 13.2. The van der Waals surface area contributed by atoms with Crippen molar-refractivity contribution in [2.24, 2.45) is 0 Å². The number of rotatable bonds is 3. The number of sulfonamides is 1. The van der Waals surface area contributed by atoms with E-state index in [1.807, 2.05) is 0 Å². The van der Waals surface area contributed by atoms with E-state index in [9.17, 15) is 13.5 Å². The van der Waals surface area contributed by atoms with Crippen molar-refractivity contribution >= 4 is 27.3 Å². The molecule has 0 atom stereocenters. The van der Waals surface area contributed by atoms with Gasteiger partial charge in [-0.15, -0.1) is 0 Å². The molecule has 1 aliphatic carbocycles. The average Bonchev–Trinajstić information content (AvgIpc) is 2.34. The maximum atomic E-state index is 12.2. The van der Waals surface area contributed by atoms with Crippen LogP contribution in [0.25, 0.3) is 0 Å². The van der Waals surface area contributed by atoms with Crippen molar-refractivity contribution < 1.29 is 13.5 Å². The molecule has 0 bridgehead atoms. The minimum absolute atomic E-state index is 0.0145. The fourth-order valence-corrected chi connectivity index (χ4v) is 4.08. The van der Waals surface area contributed by atoms with Crippen LogP contribution in [-0.4, -0.2) is 18.8 Å². The third-order valence-electron chi connectivity index (χ3n) is 3.20. The van der Waals surface area contributed by atoms with Crippen molar-refractivity contribution in [2.75, 3.05) is 4.72 Å². The van der Waals surface area contributed by atoms with Crippen molar-refractivity contribution in [3.63, 3.8) is 0 Å². The molecule has 0 heterocycles. The number of aromatic hydroxyl groups is 1. The first-order valence-corrected chi connectivity index (χ1v) is 7.91. The van der Waals surface area contributed by atoms with Gasteiger partial charge in [-0.25, -0.2) is 8.42 Å². The first kappa shape index (κ1) is 13.5. The van der Waals surface area contributed by atoms with Crippen molar-refractivity contribution in [3.05, 3.63) is 23.2 Å². The first-order chi connectivity index (χ1) is 8.49. The van der Waals surface area contributed by atoms with Crippen LogP contribution in [0.1, 0.15) is 32.1 Å². The van der Waals surface area contributed by atoms with Gasteiger partial charge >= 0.3 is 0 Å². The van der Waals surface area contributed by atoms with Crippen LogP contribution in [0.3, 0.4) is 0 Å². The number of benzene rings is 1. The molecule has 0 aliphatic heterocycles. The lowest BCUT2D eigenvalue weighted by Crippen LogP contribution is -2.29. The van der Waals surface area contributed by atoms with Gasteiger partial charge in [-0.2, -0.15) is 0 Å². The molecular weight excluding hydrogens is 274 g/mol. The van der Waals surface area contributed by atoms with Crippen molar-refractivity contribution in [1.29, 1.82) is 0 Å². The Labute approximate surface area is 112 Å². The Morgan fingerprint density at radius 3 is 2.50 bits per heavy atom. The van der Waals surface area contributed by atoms with Gasteiger partial charge in [-0.05, 0) is 25.0 Å². The standard InChI is InChI=1S/C12H16ClNO3S/c13-11-8-9(15)6-7-12(11)14-18(16,17)10-4-2-1-3-5-10/h6-8,10,14-15H,1-5H2. The minimum Gasteiger partial charge on any atom is -0.508 e. The Balaban J connectivity index is 2.16. The SMILES string of the molecule is O=S(=O)(Nc1ccc(O)cc1Cl)C1CCCCC1. The number of hydrogen-bond donors (Lipinski definition) is 2. The lowest BCUT2D eigenvalue weighted by atomic mass is 10.0. The Kier molecular flexibility index (Phi) is 4.02.